The maximum Gasteiger partial charge on any atom is 0.271 e. The molecular weight excluding hydrogens is 296 g/mol. The van der Waals surface area contributed by atoms with Gasteiger partial charge in [0.1, 0.15) is 5.69 Å². The van der Waals surface area contributed by atoms with Crippen LogP contribution in [0.2, 0.25) is 0 Å². The van der Waals surface area contributed by atoms with Crippen molar-refractivity contribution in [3.8, 4) is 0 Å². The molecule has 2 aromatic rings. The van der Waals surface area contributed by atoms with Crippen LogP contribution < -0.4 is 5.32 Å². The van der Waals surface area contributed by atoms with Crippen molar-refractivity contribution in [3.63, 3.8) is 0 Å². The number of aryl methyl sites for hydroxylation is 1. The molecule has 18 heavy (non-hydrogen) atoms. The van der Waals surface area contributed by atoms with E-state index in [-0.39, 0.29) is 5.91 Å². The Morgan fingerprint density at radius 1 is 1.56 bits per heavy atom. The molecule has 0 fully saturated rings. The van der Waals surface area contributed by atoms with Crippen molar-refractivity contribution in [1.29, 1.82) is 0 Å². The zero-order chi connectivity index (χ0) is 13.0. The first-order chi connectivity index (χ1) is 8.66. The number of carbonyl (C=O) groups excluding carboxylic acids is 1. The number of rotatable bonds is 4. The zero-order valence-electron chi connectivity index (χ0n) is 9.93. The van der Waals surface area contributed by atoms with Gasteiger partial charge < -0.3 is 5.32 Å². The summed E-state index contributed by atoms with van der Waals surface area (Å²) in [6.07, 6.45) is 6.08. The second kappa shape index (κ2) is 5.77. The molecule has 0 radical (unpaired) electrons. The Morgan fingerprint density at radius 2 is 2.39 bits per heavy atom. The molecule has 0 unspecified atom stereocenters. The summed E-state index contributed by atoms with van der Waals surface area (Å²) < 4.78 is 2.44. The van der Waals surface area contributed by atoms with E-state index in [2.05, 4.69) is 31.3 Å². The van der Waals surface area contributed by atoms with Gasteiger partial charge >= 0.3 is 0 Å². The summed E-state index contributed by atoms with van der Waals surface area (Å²) in [5, 5.41) is 6.90. The maximum absolute atomic E-state index is 11.8. The molecular formula is C12H13BrN4O. The highest BCUT2D eigenvalue weighted by atomic mass is 79.9. The molecule has 6 heteroatoms. The molecule has 1 amide bonds. The summed E-state index contributed by atoms with van der Waals surface area (Å²) >= 11 is 3.30. The van der Waals surface area contributed by atoms with E-state index in [1.54, 1.807) is 29.2 Å². The van der Waals surface area contributed by atoms with Crippen LogP contribution >= 0.6 is 15.9 Å². The minimum Gasteiger partial charge on any atom is -0.350 e. The van der Waals surface area contributed by atoms with Crippen molar-refractivity contribution < 1.29 is 4.79 Å². The van der Waals surface area contributed by atoms with E-state index < -0.39 is 0 Å². The van der Waals surface area contributed by atoms with Crippen molar-refractivity contribution in [2.45, 2.75) is 6.42 Å². The summed E-state index contributed by atoms with van der Waals surface area (Å²) in [4.78, 5) is 15.9. The number of amides is 1. The minimum atomic E-state index is -0.175. The van der Waals surface area contributed by atoms with Crippen LogP contribution in [0.1, 0.15) is 16.1 Å². The third-order valence-electron chi connectivity index (χ3n) is 2.43. The lowest BCUT2D eigenvalue weighted by Gasteiger charge is -2.04. The van der Waals surface area contributed by atoms with Crippen molar-refractivity contribution in [3.05, 3.63) is 46.5 Å². The molecule has 0 atom stereocenters. The van der Waals surface area contributed by atoms with Crippen LogP contribution in [0.25, 0.3) is 0 Å². The molecule has 5 nitrogen and oxygen atoms in total. The van der Waals surface area contributed by atoms with Crippen LogP contribution in [-0.2, 0) is 13.5 Å². The Labute approximate surface area is 113 Å². The van der Waals surface area contributed by atoms with E-state index in [0.29, 0.717) is 16.7 Å². The molecule has 0 bridgehead atoms. The van der Waals surface area contributed by atoms with Gasteiger partial charge in [-0.25, -0.2) is 4.98 Å². The average molecular weight is 309 g/mol. The number of pyridine rings is 1. The smallest absolute Gasteiger partial charge is 0.271 e. The van der Waals surface area contributed by atoms with Crippen LogP contribution in [0.5, 0.6) is 0 Å². The Balaban J connectivity index is 1.87. The highest BCUT2D eigenvalue weighted by Crippen LogP contribution is 2.12. The van der Waals surface area contributed by atoms with Gasteiger partial charge in [0, 0.05) is 30.5 Å². The summed E-state index contributed by atoms with van der Waals surface area (Å²) in [6, 6.07) is 3.57. The van der Waals surface area contributed by atoms with Gasteiger partial charge in [0.25, 0.3) is 5.91 Å². The average Bonchev–Trinajstić information content (AvgIpc) is 2.75. The van der Waals surface area contributed by atoms with Crippen LogP contribution in [0.4, 0.5) is 0 Å². The highest BCUT2D eigenvalue weighted by Gasteiger charge is 2.10. The van der Waals surface area contributed by atoms with Crippen LogP contribution in [0.15, 0.2) is 35.2 Å². The van der Waals surface area contributed by atoms with Crippen LogP contribution in [0, 0.1) is 0 Å². The molecule has 2 heterocycles. The number of halogens is 1. The van der Waals surface area contributed by atoms with E-state index in [0.717, 1.165) is 12.0 Å². The lowest BCUT2D eigenvalue weighted by Crippen LogP contribution is -2.26. The fourth-order valence-electron chi connectivity index (χ4n) is 1.56. The number of hydrogen-bond donors (Lipinski definition) is 1. The summed E-state index contributed by atoms with van der Waals surface area (Å²) in [5.74, 6) is -0.175. The Morgan fingerprint density at radius 3 is 3.06 bits per heavy atom. The Hall–Kier alpha value is -1.69. The monoisotopic (exact) mass is 308 g/mol. The molecule has 2 aromatic heterocycles. The van der Waals surface area contributed by atoms with Gasteiger partial charge in [-0.15, -0.1) is 0 Å². The summed E-state index contributed by atoms with van der Waals surface area (Å²) in [5.41, 5.74) is 1.50. The van der Waals surface area contributed by atoms with Crippen LogP contribution in [-0.4, -0.2) is 27.2 Å². The van der Waals surface area contributed by atoms with Gasteiger partial charge in [-0.05, 0) is 40.0 Å². The van der Waals surface area contributed by atoms with Crippen molar-refractivity contribution in [2.75, 3.05) is 6.54 Å². The number of nitrogens with zero attached hydrogens (tertiary/aromatic N) is 3. The molecule has 0 saturated heterocycles. The SMILES string of the molecule is Cn1cc(CCNC(=O)c2ncccc2Br)cn1. The molecule has 0 spiro atoms. The molecule has 1 N–H and O–H groups in total. The normalized spacial score (nSPS) is 10.3. The second-order valence-corrected chi connectivity index (χ2v) is 4.72. The fraction of sp³-hybridized carbons (Fsp3) is 0.250. The molecule has 0 aliphatic carbocycles. The lowest BCUT2D eigenvalue weighted by molar-refractivity contribution is 0.0948. The predicted molar refractivity (Wildman–Crippen MR) is 71.2 cm³/mol. The number of carbonyl (C=O) groups is 1. The van der Waals surface area contributed by atoms with E-state index >= 15 is 0 Å². The van der Waals surface area contributed by atoms with E-state index in [1.807, 2.05) is 13.2 Å². The van der Waals surface area contributed by atoms with Gasteiger partial charge in [0.2, 0.25) is 0 Å². The highest BCUT2D eigenvalue weighted by molar-refractivity contribution is 9.10. The Bertz CT molecular complexity index is 553. The van der Waals surface area contributed by atoms with E-state index in [1.165, 1.54) is 0 Å². The fourth-order valence-corrected chi connectivity index (χ4v) is 1.99. The van der Waals surface area contributed by atoms with Gasteiger partial charge in [-0.2, -0.15) is 5.10 Å². The van der Waals surface area contributed by atoms with Crippen molar-refractivity contribution in [1.82, 2.24) is 20.1 Å². The third kappa shape index (κ3) is 3.16. The zero-order valence-corrected chi connectivity index (χ0v) is 11.5. The Kier molecular flexibility index (Phi) is 4.09. The first kappa shape index (κ1) is 12.8. The predicted octanol–water partition coefficient (Wildman–Crippen LogP) is 1.55. The van der Waals surface area contributed by atoms with Gasteiger partial charge in [0.15, 0.2) is 0 Å². The second-order valence-electron chi connectivity index (χ2n) is 3.86. The topological polar surface area (TPSA) is 59.8 Å². The first-order valence-electron chi connectivity index (χ1n) is 5.53. The van der Waals surface area contributed by atoms with Gasteiger partial charge in [-0.1, -0.05) is 0 Å². The standard InChI is InChI=1S/C12H13BrN4O/c1-17-8-9(7-16-17)4-6-15-12(18)11-10(13)3-2-5-14-11/h2-3,5,7-8H,4,6H2,1H3,(H,15,18). The molecule has 0 aromatic carbocycles. The quantitative estimate of drug-likeness (QED) is 0.932. The summed E-state index contributed by atoms with van der Waals surface area (Å²) in [6.45, 7) is 0.563. The minimum absolute atomic E-state index is 0.175. The van der Waals surface area contributed by atoms with E-state index in [9.17, 15) is 4.79 Å². The molecule has 94 valence electrons. The molecule has 0 aliphatic rings. The lowest BCUT2D eigenvalue weighted by atomic mass is 10.2. The molecule has 2 rings (SSSR count). The van der Waals surface area contributed by atoms with Crippen molar-refractivity contribution >= 4 is 21.8 Å². The largest absolute Gasteiger partial charge is 0.350 e. The van der Waals surface area contributed by atoms with Crippen molar-refractivity contribution in [2.24, 2.45) is 7.05 Å². The first-order valence-corrected chi connectivity index (χ1v) is 6.32. The van der Waals surface area contributed by atoms with Crippen LogP contribution in [0.3, 0.4) is 0 Å². The third-order valence-corrected chi connectivity index (χ3v) is 3.07. The number of nitrogens with one attached hydrogen (secondary N) is 1. The molecule has 0 saturated carbocycles. The van der Waals surface area contributed by atoms with Gasteiger partial charge in [-0.3, -0.25) is 9.48 Å². The number of hydrogen-bond acceptors (Lipinski definition) is 3. The summed E-state index contributed by atoms with van der Waals surface area (Å²) in [7, 11) is 1.87. The van der Waals surface area contributed by atoms with E-state index in [4.69, 9.17) is 0 Å². The maximum atomic E-state index is 11.8. The van der Waals surface area contributed by atoms with Gasteiger partial charge in [0.05, 0.1) is 6.20 Å². The molecule has 0 aliphatic heterocycles. The number of aromatic nitrogens is 3.